The molecule has 0 saturated carbocycles. The lowest BCUT2D eigenvalue weighted by Gasteiger charge is -2.13. The molecule has 0 spiro atoms. The fourth-order valence-corrected chi connectivity index (χ4v) is 2.95. The van der Waals surface area contributed by atoms with Crippen molar-refractivity contribution in [2.75, 3.05) is 14.2 Å². The van der Waals surface area contributed by atoms with E-state index in [0.717, 1.165) is 35.7 Å². The third-order valence-corrected chi connectivity index (χ3v) is 4.43. The highest BCUT2D eigenvalue weighted by Gasteiger charge is 2.07. The first-order valence-electron chi connectivity index (χ1n) is 9.25. The van der Waals surface area contributed by atoms with Crippen LogP contribution in [0.4, 0.5) is 0 Å². The summed E-state index contributed by atoms with van der Waals surface area (Å²) in [5.41, 5.74) is 4.65. The Bertz CT molecular complexity index is 869. The van der Waals surface area contributed by atoms with Crippen molar-refractivity contribution in [2.24, 2.45) is 0 Å². The molecule has 5 nitrogen and oxygen atoms in total. The van der Waals surface area contributed by atoms with Gasteiger partial charge in [0.2, 0.25) is 0 Å². The highest BCUT2D eigenvalue weighted by molar-refractivity contribution is 5.43. The first-order chi connectivity index (χ1) is 13.8. The number of hydrogen-bond donors (Lipinski definition) is 1. The number of rotatable bonds is 10. The Morgan fingerprint density at radius 1 is 0.786 bits per heavy atom. The minimum atomic E-state index is 0.479. The van der Waals surface area contributed by atoms with Crippen LogP contribution in [0.1, 0.15) is 22.3 Å². The van der Waals surface area contributed by atoms with E-state index in [1.807, 2.05) is 36.4 Å². The van der Waals surface area contributed by atoms with Crippen LogP contribution in [-0.4, -0.2) is 19.2 Å². The van der Waals surface area contributed by atoms with Crippen molar-refractivity contribution in [2.45, 2.75) is 26.3 Å². The molecule has 0 saturated heterocycles. The SMILES string of the molecule is COCc1ccccc1CNCc1ccc(OCc2ccncc2)c(OC)c1. The fraction of sp³-hybridized carbons (Fsp3) is 0.261. The second kappa shape index (κ2) is 10.4. The van der Waals surface area contributed by atoms with E-state index in [0.29, 0.717) is 13.2 Å². The molecule has 0 fully saturated rings. The number of nitrogens with one attached hydrogen (secondary N) is 1. The lowest BCUT2D eigenvalue weighted by Crippen LogP contribution is -2.14. The van der Waals surface area contributed by atoms with Crippen molar-refractivity contribution in [1.29, 1.82) is 0 Å². The van der Waals surface area contributed by atoms with Gasteiger partial charge < -0.3 is 19.5 Å². The topological polar surface area (TPSA) is 52.6 Å². The van der Waals surface area contributed by atoms with Crippen LogP contribution in [0.5, 0.6) is 11.5 Å². The predicted octanol–water partition coefficient (Wildman–Crippen LogP) is 4.11. The lowest BCUT2D eigenvalue weighted by molar-refractivity contribution is 0.184. The van der Waals surface area contributed by atoms with Gasteiger partial charge >= 0.3 is 0 Å². The van der Waals surface area contributed by atoms with Gasteiger partial charge in [-0.1, -0.05) is 30.3 Å². The van der Waals surface area contributed by atoms with Crippen molar-refractivity contribution < 1.29 is 14.2 Å². The number of aromatic nitrogens is 1. The van der Waals surface area contributed by atoms with Gasteiger partial charge in [0.05, 0.1) is 13.7 Å². The molecule has 0 aliphatic rings. The molecule has 0 aliphatic heterocycles. The third-order valence-electron chi connectivity index (χ3n) is 4.43. The van der Waals surface area contributed by atoms with Crippen LogP contribution in [0.15, 0.2) is 67.0 Å². The summed E-state index contributed by atoms with van der Waals surface area (Å²) in [7, 11) is 3.38. The van der Waals surface area contributed by atoms with E-state index < -0.39 is 0 Å². The minimum Gasteiger partial charge on any atom is -0.493 e. The third kappa shape index (κ3) is 5.55. The van der Waals surface area contributed by atoms with Crippen molar-refractivity contribution in [3.63, 3.8) is 0 Å². The van der Waals surface area contributed by atoms with Crippen molar-refractivity contribution in [3.05, 3.63) is 89.2 Å². The lowest BCUT2D eigenvalue weighted by atomic mass is 10.1. The molecule has 2 aromatic carbocycles. The summed E-state index contributed by atoms with van der Waals surface area (Å²) in [6.07, 6.45) is 3.52. The summed E-state index contributed by atoms with van der Waals surface area (Å²) in [6, 6.07) is 18.2. The Balaban J connectivity index is 1.58. The van der Waals surface area contributed by atoms with Gasteiger partial charge in [-0.3, -0.25) is 4.98 Å². The molecule has 0 unspecified atom stereocenters. The van der Waals surface area contributed by atoms with Crippen LogP contribution < -0.4 is 14.8 Å². The van der Waals surface area contributed by atoms with E-state index in [2.05, 4.69) is 28.5 Å². The molecule has 0 radical (unpaired) electrons. The van der Waals surface area contributed by atoms with Crippen LogP contribution in [0.25, 0.3) is 0 Å². The Kier molecular flexibility index (Phi) is 7.41. The van der Waals surface area contributed by atoms with E-state index in [1.165, 1.54) is 11.1 Å². The maximum atomic E-state index is 5.90. The van der Waals surface area contributed by atoms with Gasteiger partial charge in [0, 0.05) is 32.6 Å². The maximum absolute atomic E-state index is 5.90. The van der Waals surface area contributed by atoms with Gasteiger partial charge in [0.15, 0.2) is 11.5 Å². The van der Waals surface area contributed by atoms with Crippen LogP contribution in [-0.2, 0) is 31.0 Å². The summed E-state index contributed by atoms with van der Waals surface area (Å²) in [4.78, 5) is 4.02. The molecule has 0 atom stereocenters. The van der Waals surface area contributed by atoms with Crippen molar-refractivity contribution >= 4 is 0 Å². The predicted molar refractivity (Wildman–Crippen MR) is 109 cm³/mol. The van der Waals surface area contributed by atoms with E-state index in [9.17, 15) is 0 Å². The van der Waals surface area contributed by atoms with Gasteiger partial charge in [-0.05, 0) is 46.5 Å². The molecular weight excluding hydrogens is 352 g/mol. The highest BCUT2D eigenvalue weighted by atomic mass is 16.5. The quantitative estimate of drug-likeness (QED) is 0.575. The Morgan fingerprint density at radius 2 is 1.57 bits per heavy atom. The van der Waals surface area contributed by atoms with Crippen molar-refractivity contribution in [1.82, 2.24) is 10.3 Å². The van der Waals surface area contributed by atoms with Crippen LogP contribution in [0.2, 0.25) is 0 Å². The van der Waals surface area contributed by atoms with E-state index in [1.54, 1.807) is 26.6 Å². The molecule has 0 amide bonds. The number of methoxy groups -OCH3 is 2. The molecule has 1 aromatic heterocycles. The van der Waals surface area contributed by atoms with E-state index in [4.69, 9.17) is 14.2 Å². The minimum absolute atomic E-state index is 0.479. The molecular formula is C23H26N2O3. The monoisotopic (exact) mass is 378 g/mol. The van der Waals surface area contributed by atoms with Crippen LogP contribution in [0, 0.1) is 0 Å². The molecule has 0 aliphatic carbocycles. The molecule has 3 aromatic rings. The smallest absolute Gasteiger partial charge is 0.161 e. The number of benzene rings is 2. The van der Waals surface area contributed by atoms with E-state index >= 15 is 0 Å². The van der Waals surface area contributed by atoms with Crippen LogP contribution in [0.3, 0.4) is 0 Å². The number of hydrogen-bond acceptors (Lipinski definition) is 5. The standard InChI is InChI=1S/C23H26N2O3/c1-26-17-21-6-4-3-5-20(21)15-25-14-19-7-8-22(23(13-19)27-2)28-16-18-9-11-24-12-10-18/h3-13,25H,14-17H2,1-2H3. The number of nitrogens with zero attached hydrogens (tertiary/aromatic N) is 1. The van der Waals surface area contributed by atoms with Crippen molar-refractivity contribution in [3.8, 4) is 11.5 Å². The van der Waals surface area contributed by atoms with Gasteiger partial charge in [-0.25, -0.2) is 0 Å². The van der Waals surface area contributed by atoms with Gasteiger partial charge in [-0.2, -0.15) is 0 Å². The summed E-state index contributed by atoms with van der Waals surface area (Å²) in [5, 5.41) is 3.49. The number of ether oxygens (including phenoxy) is 3. The second-order valence-corrected chi connectivity index (χ2v) is 6.43. The summed E-state index contributed by atoms with van der Waals surface area (Å²) >= 11 is 0. The van der Waals surface area contributed by atoms with Gasteiger partial charge in [0.1, 0.15) is 6.61 Å². The first-order valence-corrected chi connectivity index (χ1v) is 9.25. The zero-order valence-corrected chi connectivity index (χ0v) is 16.4. The molecule has 146 valence electrons. The molecule has 5 heteroatoms. The molecule has 0 bridgehead atoms. The Labute approximate surface area is 166 Å². The van der Waals surface area contributed by atoms with Gasteiger partial charge in [0.25, 0.3) is 0 Å². The maximum Gasteiger partial charge on any atom is 0.161 e. The average molecular weight is 378 g/mol. The summed E-state index contributed by atoms with van der Waals surface area (Å²) in [6.45, 7) is 2.62. The normalized spacial score (nSPS) is 10.6. The highest BCUT2D eigenvalue weighted by Crippen LogP contribution is 2.28. The Morgan fingerprint density at radius 3 is 2.32 bits per heavy atom. The zero-order chi connectivity index (χ0) is 19.6. The molecule has 3 rings (SSSR count). The second-order valence-electron chi connectivity index (χ2n) is 6.43. The molecule has 1 N–H and O–H groups in total. The average Bonchev–Trinajstić information content (AvgIpc) is 2.75. The number of pyridine rings is 1. The zero-order valence-electron chi connectivity index (χ0n) is 16.4. The van der Waals surface area contributed by atoms with E-state index in [-0.39, 0.29) is 0 Å². The molecule has 1 heterocycles. The summed E-state index contributed by atoms with van der Waals surface area (Å²) in [5.74, 6) is 1.46. The largest absolute Gasteiger partial charge is 0.493 e. The Hall–Kier alpha value is -2.89. The summed E-state index contributed by atoms with van der Waals surface area (Å²) < 4.78 is 16.7. The first kappa shape index (κ1) is 19.9. The van der Waals surface area contributed by atoms with Gasteiger partial charge in [-0.15, -0.1) is 0 Å². The fourth-order valence-electron chi connectivity index (χ4n) is 2.95. The van der Waals surface area contributed by atoms with Crippen LogP contribution >= 0.6 is 0 Å². The molecule has 28 heavy (non-hydrogen) atoms.